The zero-order chi connectivity index (χ0) is 17.7. The predicted octanol–water partition coefficient (Wildman–Crippen LogP) is 3.15. The molecule has 0 fully saturated rings. The lowest BCUT2D eigenvalue weighted by Gasteiger charge is -2.12. The molecule has 1 aromatic carbocycles. The Balaban J connectivity index is 1.90. The molecule has 0 aliphatic heterocycles. The van der Waals surface area contributed by atoms with E-state index < -0.39 is 6.04 Å². The van der Waals surface area contributed by atoms with Gasteiger partial charge in [-0.15, -0.1) is 10.2 Å². The first-order chi connectivity index (χ1) is 11.3. The summed E-state index contributed by atoms with van der Waals surface area (Å²) in [6.45, 7) is 5.79. The van der Waals surface area contributed by atoms with Gasteiger partial charge in [-0.3, -0.25) is 14.9 Å². The largest absolute Gasteiger partial charge is 0.341 e. The summed E-state index contributed by atoms with van der Waals surface area (Å²) in [5.74, 6) is -0.212. The van der Waals surface area contributed by atoms with Crippen molar-refractivity contribution in [1.29, 1.82) is 0 Å². The Morgan fingerprint density at radius 3 is 2.46 bits per heavy atom. The molecular weight excluding hydrogens is 348 g/mol. The Kier molecular flexibility index (Phi) is 6.28. The van der Waals surface area contributed by atoms with Crippen LogP contribution in [0.2, 0.25) is 5.02 Å². The molecule has 0 aliphatic rings. The van der Waals surface area contributed by atoms with Crippen LogP contribution in [0.1, 0.15) is 36.1 Å². The van der Waals surface area contributed by atoms with Crippen LogP contribution in [0.4, 0.5) is 5.13 Å². The first-order valence-corrected chi connectivity index (χ1v) is 8.74. The van der Waals surface area contributed by atoms with Crippen LogP contribution in [0.5, 0.6) is 0 Å². The van der Waals surface area contributed by atoms with Crippen molar-refractivity contribution in [1.82, 2.24) is 15.5 Å². The van der Waals surface area contributed by atoms with Crippen molar-refractivity contribution < 1.29 is 9.59 Å². The van der Waals surface area contributed by atoms with E-state index in [0.29, 0.717) is 21.6 Å². The molecule has 0 bridgehead atoms. The quantitative estimate of drug-likeness (QED) is 0.822. The Morgan fingerprint density at radius 2 is 1.83 bits per heavy atom. The highest BCUT2D eigenvalue weighted by molar-refractivity contribution is 7.15. The third-order valence-corrected chi connectivity index (χ3v) is 4.24. The standard InChI is InChI=1S/C16H19ClN4O2S/c1-9(2)8-13-20-21-16(24-13)19-14(22)10(3)18-15(23)11-4-6-12(17)7-5-11/h4-7,9-10H,8H2,1-3H3,(H,18,23)(H,19,21,22). The molecule has 0 aliphatic carbocycles. The first kappa shape index (κ1) is 18.4. The van der Waals surface area contributed by atoms with Gasteiger partial charge in [-0.1, -0.05) is 36.8 Å². The molecule has 0 saturated heterocycles. The number of hydrogen-bond donors (Lipinski definition) is 2. The average molecular weight is 367 g/mol. The number of rotatable bonds is 6. The number of aromatic nitrogens is 2. The van der Waals surface area contributed by atoms with E-state index in [1.807, 2.05) is 0 Å². The lowest BCUT2D eigenvalue weighted by atomic mass is 10.1. The molecule has 1 heterocycles. The molecule has 1 atom stereocenters. The van der Waals surface area contributed by atoms with Gasteiger partial charge in [-0.2, -0.15) is 0 Å². The minimum absolute atomic E-state index is 0.341. The van der Waals surface area contributed by atoms with E-state index in [0.717, 1.165) is 11.4 Å². The topological polar surface area (TPSA) is 84.0 Å². The van der Waals surface area contributed by atoms with Crippen molar-refractivity contribution in [3.05, 3.63) is 39.9 Å². The molecule has 2 rings (SSSR count). The monoisotopic (exact) mass is 366 g/mol. The fraction of sp³-hybridized carbons (Fsp3) is 0.375. The maximum Gasteiger partial charge on any atom is 0.251 e. The molecule has 2 aromatic rings. The summed E-state index contributed by atoms with van der Waals surface area (Å²) in [5.41, 5.74) is 0.439. The SMILES string of the molecule is CC(C)Cc1nnc(NC(=O)C(C)NC(=O)c2ccc(Cl)cc2)s1. The van der Waals surface area contributed by atoms with Gasteiger partial charge in [-0.05, 0) is 37.1 Å². The number of carbonyl (C=O) groups excluding carboxylic acids is 2. The molecule has 0 spiro atoms. The van der Waals surface area contributed by atoms with Crippen molar-refractivity contribution in [3.63, 3.8) is 0 Å². The lowest BCUT2D eigenvalue weighted by molar-refractivity contribution is -0.117. The molecule has 24 heavy (non-hydrogen) atoms. The van der Waals surface area contributed by atoms with Crippen LogP contribution >= 0.6 is 22.9 Å². The van der Waals surface area contributed by atoms with E-state index in [9.17, 15) is 9.59 Å². The number of hydrogen-bond acceptors (Lipinski definition) is 5. The maximum atomic E-state index is 12.2. The molecule has 6 nitrogen and oxygen atoms in total. The highest BCUT2D eigenvalue weighted by Crippen LogP contribution is 2.18. The predicted molar refractivity (Wildman–Crippen MR) is 95.5 cm³/mol. The number of anilines is 1. The summed E-state index contributed by atoms with van der Waals surface area (Å²) in [7, 11) is 0. The van der Waals surface area contributed by atoms with Crippen molar-refractivity contribution in [2.75, 3.05) is 5.32 Å². The van der Waals surface area contributed by atoms with Crippen molar-refractivity contribution >= 4 is 39.9 Å². The van der Waals surface area contributed by atoms with Gasteiger partial charge in [0.15, 0.2) is 0 Å². The van der Waals surface area contributed by atoms with Gasteiger partial charge >= 0.3 is 0 Å². The van der Waals surface area contributed by atoms with Gasteiger partial charge in [0, 0.05) is 17.0 Å². The van der Waals surface area contributed by atoms with Crippen LogP contribution in [-0.4, -0.2) is 28.1 Å². The average Bonchev–Trinajstić information content (AvgIpc) is 2.93. The minimum atomic E-state index is -0.703. The van der Waals surface area contributed by atoms with Crippen LogP contribution in [0, 0.1) is 5.92 Å². The summed E-state index contributed by atoms with van der Waals surface area (Å²) < 4.78 is 0. The van der Waals surface area contributed by atoms with Crippen LogP contribution in [0.15, 0.2) is 24.3 Å². The minimum Gasteiger partial charge on any atom is -0.341 e. The summed E-state index contributed by atoms with van der Waals surface area (Å²) in [6.07, 6.45) is 0.816. The number of nitrogens with one attached hydrogen (secondary N) is 2. The number of nitrogens with zero attached hydrogens (tertiary/aromatic N) is 2. The van der Waals surface area contributed by atoms with Gasteiger partial charge in [0.25, 0.3) is 5.91 Å². The zero-order valence-electron chi connectivity index (χ0n) is 13.7. The zero-order valence-corrected chi connectivity index (χ0v) is 15.2. The Bertz CT molecular complexity index is 715. The van der Waals surface area contributed by atoms with E-state index in [-0.39, 0.29) is 11.8 Å². The number of amides is 2. The van der Waals surface area contributed by atoms with Gasteiger partial charge in [0.2, 0.25) is 11.0 Å². The Morgan fingerprint density at radius 1 is 1.17 bits per heavy atom. The molecule has 0 saturated carbocycles. The van der Waals surface area contributed by atoms with Gasteiger partial charge in [-0.25, -0.2) is 0 Å². The third kappa shape index (κ3) is 5.28. The van der Waals surface area contributed by atoms with E-state index in [4.69, 9.17) is 11.6 Å². The van der Waals surface area contributed by atoms with Crippen LogP contribution in [-0.2, 0) is 11.2 Å². The second kappa shape index (κ2) is 8.21. The van der Waals surface area contributed by atoms with Gasteiger partial charge in [0.1, 0.15) is 11.0 Å². The Hall–Kier alpha value is -1.99. The summed E-state index contributed by atoms with van der Waals surface area (Å²) in [4.78, 5) is 24.2. The van der Waals surface area contributed by atoms with Crippen LogP contribution in [0.25, 0.3) is 0 Å². The van der Waals surface area contributed by atoms with Crippen LogP contribution in [0.3, 0.4) is 0 Å². The van der Waals surface area contributed by atoms with Crippen molar-refractivity contribution in [2.45, 2.75) is 33.2 Å². The third-order valence-electron chi connectivity index (χ3n) is 3.13. The highest BCUT2D eigenvalue weighted by atomic mass is 35.5. The fourth-order valence-electron chi connectivity index (χ4n) is 1.90. The van der Waals surface area contributed by atoms with Gasteiger partial charge in [0.05, 0.1) is 0 Å². The molecule has 1 unspecified atom stereocenters. The molecule has 8 heteroatoms. The molecule has 2 amide bonds. The molecule has 128 valence electrons. The van der Waals surface area contributed by atoms with E-state index in [1.54, 1.807) is 31.2 Å². The number of halogens is 1. The van der Waals surface area contributed by atoms with Gasteiger partial charge < -0.3 is 5.32 Å². The molecule has 1 aromatic heterocycles. The van der Waals surface area contributed by atoms with E-state index in [2.05, 4.69) is 34.7 Å². The fourth-order valence-corrected chi connectivity index (χ4v) is 2.98. The molecular formula is C16H19ClN4O2S. The lowest BCUT2D eigenvalue weighted by Crippen LogP contribution is -2.41. The second-order valence-corrected chi connectivity index (χ2v) is 7.29. The number of benzene rings is 1. The van der Waals surface area contributed by atoms with Crippen molar-refractivity contribution in [3.8, 4) is 0 Å². The normalized spacial score (nSPS) is 12.0. The Labute approximate surface area is 149 Å². The first-order valence-electron chi connectivity index (χ1n) is 7.55. The van der Waals surface area contributed by atoms with Crippen LogP contribution < -0.4 is 10.6 Å². The van der Waals surface area contributed by atoms with E-state index >= 15 is 0 Å². The second-order valence-electron chi connectivity index (χ2n) is 5.79. The summed E-state index contributed by atoms with van der Waals surface area (Å²) in [5, 5.41) is 15.1. The number of carbonyl (C=O) groups is 2. The highest BCUT2D eigenvalue weighted by Gasteiger charge is 2.18. The summed E-state index contributed by atoms with van der Waals surface area (Å²) >= 11 is 7.13. The molecule has 2 N–H and O–H groups in total. The van der Waals surface area contributed by atoms with E-state index in [1.165, 1.54) is 11.3 Å². The molecule has 0 radical (unpaired) electrons. The smallest absolute Gasteiger partial charge is 0.251 e. The maximum absolute atomic E-state index is 12.2. The van der Waals surface area contributed by atoms with Crippen molar-refractivity contribution in [2.24, 2.45) is 5.92 Å². The summed E-state index contributed by atoms with van der Waals surface area (Å²) in [6, 6.07) is 5.75.